The van der Waals surface area contributed by atoms with Gasteiger partial charge in [-0.25, -0.2) is 0 Å². The number of hydrogen-bond donors (Lipinski definition) is 2. The van der Waals surface area contributed by atoms with Crippen LogP contribution < -0.4 is 10.6 Å². The van der Waals surface area contributed by atoms with Crippen molar-refractivity contribution < 1.29 is 4.79 Å². The van der Waals surface area contributed by atoms with Gasteiger partial charge in [0.05, 0.1) is 0 Å². The van der Waals surface area contributed by atoms with Crippen LogP contribution in [0.15, 0.2) is 0 Å². The molecule has 1 saturated heterocycles. The number of amides is 1. The van der Waals surface area contributed by atoms with E-state index in [4.69, 9.17) is 0 Å². The summed E-state index contributed by atoms with van der Waals surface area (Å²) in [6, 6.07) is 0.319. The highest BCUT2D eigenvalue weighted by atomic mass is 16.1. The first-order valence-corrected chi connectivity index (χ1v) is 7.17. The van der Waals surface area contributed by atoms with E-state index in [2.05, 4.69) is 31.4 Å². The molecule has 2 N–H and O–H groups in total. The van der Waals surface area contributed by atoms with E-state index in [9.17, 15) is 4.79 Å². The van der Waals surface area contributed by atoms with Gasteiger partial charge in [0, 0.05) is 12.5 Å². The first kappa shape index (κ1) is 14.5. The zero-order valence-electron chi connectivity index (χ0n) is 11.6. The normalized spacial score (nSPS) is 21.8. The number of rotatable bonds is 7. The van der Waals surface area contributed by atoms with E-state index in [0.717, 1.165) is 32.4 Å². The third-order valence-electron chi connectivity index (χ3n) is 4.09. The van der Waals surface area contributed by atoms with Gasteiger partial charge >= 0.3 is 0 Å². The lowest BCUT2D eigenvalue weighted by Crippen LogP contribution is -2.37. The highest BCUT2D eigenvalue weighted by Gasteiger charge is 2.18. The van der Waals surface area contributed by atoms with Gasteiger partial charge in [-0.15, -0.1) is 0 Å². The van der Waals surface area contributed by atoms with E-state index in [1.54, 1.807) is 0 Å². The maximum atomic E-state index is 11.8. The Morgan fingerprint density at radius 2 is 2.12 bits per heavy atom. The average molecular weight is 240 g/mol. The zero-order valence-corrected chi connectivity index (χ0v) is 11.6. The molecule has 0 bridgehead atoms. The van der Waals surface area contributed by atoms with Gasteiger partial charge in [0.15, 0.2) is 0 Å². The van der Waals surface area contributed by atoms with E-state index in [1.807, 2.05) is 0 Å². The third-order valence-corrected chi connectivity index (χ3v) is 4.09. The quantitative estimate of drug-likeness (QED) is 0.717. The van der Waals surface area contributed by atoms with Crippen molar-refractivity contribution in [3.63, 3.8) is 0 Å². The van der Waals surface area contributed by atoms with E-state index in [1.165, 1.54) is 6.42 Å². The molecule has 0 spiro atoms. The van der Waals surface area contributed by atoms with Crippen LogP contribution in [0.5, 0.6) is 0 Å². The van der Waals surface area contributed by atoms with Gasteiger partial charge in [0.1, 0.15) is 0 Å². The molecule has 2 unspecified atom stereocenters. The summed E-state index contributed by atoms with van der Waals surface area (Å²) in [6.07, 6.45) is 5.25. The molecule has 1 amide bonds. The predicted octanol–water partition coefficient (Wildman–Crippen LogP) is 2.32. The molecule has 1 aliphatic heterocycles. The standard InChI is InChI=1S/C14H28N2O/c1-4-13(5-2)11(3)16-14(17)7-6-12-8-9-15-10-12/h11-13,15H,4-10H2,1-3H3,(H,16,17). The van der Waals surface area contributed by atoms with Crippen LogP contribution in [-0.4, -0.2) is 25.0 Å². The molecule has 2 atom stereocenters. The van der Waals surface area contributed by atoms with Crippen molar-refractivity contribution in [3.05, 3.63) is 0 Å². The van der Waals surface area contributed by atoms with Crippen molar-refractivity contribution in [1.82, 2.24) is 10.6 Å². The van der Waals surface area contributed by atoms with Crippen LogP contribution in [0.4, 0.5) is 0 Å². The Labute approximate surface area is 106 Å². The van der Waals surface area contributed by atoms with Crippen LogP contribution in [0.25, 0.3) is 0 Å². The Kier molecular flexibility index (Phi) is 6.56. The van der Waals surface area contributed by atoms with Crippen LogP contribution in [0, 0.1) is 11.8 Å². The second-order valence-electron chi connectivity index (χ2n) is 5.33. The molecule has 0 aromatic carbocycles. The largest absolute Gasteiger partial charge is 0.353 e. The number of carbonyl (C=O) groups excluding carboxylic acids is 1. The third kappa shape index (κ3) is 5.07. The van der Waals surface area contributed by atoms with E-state index < -0.39 is 0 Å². The van der Waals surface area contributed by atoms with Gasteiger partial charge in [0.2, 0.25) is 5.91 Å². The summed E-state index contributed by atoms with van der Waals surface area (Å²) < 4.78 is 0. The van der Waals surface area contributed by atoms with Gasteiger partial charge in [-0.3, -0.25) is 4.79 Å². The van der Waals surface area contributed by atoms with E-state index in [0.29, 0.717) is 24.3 Å². The van der Waals surface area contributed by atoms with E-state index >= 15 is 0 Å². The molecular formula is C14H28N2O. The van der Waals surface area contributed by atoms with Crippen LogP contribution in [0.1, 0.15) is 52.9 Å². The smallest absolute Gasteiger partial charge is 0.220 e. The Morgan fingerprint density at radius 1 is 1.41 bits per heavy atom. The molecule has 1 fully saturated rings. The number of carbonyl (C=O) groups is 1. The summed E-state index contributed by atoms with van der Waals surface area (Å²) in [4.78, 5) is 11.8. The Balaban J connectivity index is 2.18. The maximum absolute atomic E-state index is 11.8. The second kappa shape index (κ2) is 7.70. The van der Waals surface area contributed by atoms with Crippen molar-refractivity contribution >= 4 is 5.91 Å². The van der Waals surface area contributed by atoms with E-state index in [-0.39, 0.29) is 5.91 Å². The summed E-state index contributed by atoms with van der Waals surface area (Å²) in [6.45, 7) is 8.74. The van der Waals surface area contributed by atoms with Crippen molar-refractivity contribution in [2.45, 2.75) is 58.9 Å². The van der Waals surface area contributed by atoms with Crippen molar-refractivity contribution in [3.8, 4) is 0 Å². The van der Waals surface area contributed by atoms with Gasteiger partial charge in [0.25, 0.3) is 0 Å². The summed E-state index contributed by atoms with van der Waals surface area (Å²) in [7, 11) is 0. The Morgan fingerprint density at radius 3 is 2.65 bits per heavy atom. The van der Waals surface area contributed by atoms with Crippen LogP contribution >= 0.6 is 0 Å². The first-order valence-electron chi connectivity index (χ1n) is 7.17. The van der Waals surface area contributed by atoms with Gasteiger partial charge in [-0.1, -0.05) is 26.7 Å². The zero-order chi connectivity index (χ0) is 12.7. The summed E-state index contributed by atoms with van der Waals surface area (Å²) in [5.74, 6) is 1.56. The van der Waals surface area contributed by atoms with Gasteiger partial charge < -0.3 is 10.6 Å². The highest BCUT2D eigenvalue weighted by Crippen LogP contribution is 2.15. The van der Waals surface area contributed by atoms with Crippen molar-refractivity contribution in [1.29, 1.82) is 0 Å². The monoisotopic (exact) mass is 240 g/mol. The molecule has 0 aliphatic carbocycles. The topological polar surface area (TPSA) is 41.1 Å². The number of nitrogens with one attached hydrogen (secondary N) is 2. The summed E-state index contributed by atoms with van der Waals surface area (Å²) in [5.41, 5.74) is 0. The van der Waals surface area contributed by atoms with Crippen LogP contribution in [0.3, 0.4) is 0 Å². The minimum atomic E-state index is 0.233. The molecule has 17 heavy (non-hydrogen) atoms. The summed E-state index contributed by atoms with van der Waals surface area (Å²) in [5, 5.41) is 6.49. The Hall–Kier alpha value is -0.570. The molecule has 1 aliphatic rings. The van der Waals surface area contributed by atoms with Gasteiger partial charge in [-0.05, 0) is 44.7 Å². The SMILES string of the molecule is CCC(CC)C(C)NC(=O)CCC1CCNC1. The highest BCUT2D eigenvalue weighted by molar-refractivity contribution is 5.76. The Bertz CT molecular complexity index is 220. The molecule has 1 heterocycles. The fourth-order valence-corrected chi connectivity index (χ4v) is 2.74. The van der Waals surface area contributed by atoms with Crippen molar-refractivity contribution in [2.75, 3.05) is 13.1 Å². The summed E-state index contributed by atoms with van der Waals surface area (Å²) >= 11 is 0. The van der Waals surface area contributed by atoms with Crippen LogP contribution in [0.2, 0.25) is 0 Å². The number of hydrogen-bond acceptors (Lipinski definition) is 2. The minimum Gasteiger partial charge on any atom is -0.353 e. The second-order valence-corrected chi connectivity index (χ2v) is 5.33. The maximum Gasteiger partial charge on any atom is 0.220 e. The van der Waals surface area contributed by atoms with Crippen molar-refractivity contribution in [2.24, 2.45) is 11.8 Å². The lowest BCUT2D eigenvalue weighted by atomic mass is 9.95. The molecule has 3 heteroatoms. The molecule has 1 rings (SSSR count). The first-order chi connectivity index (χ1) is 8.17. The molecule has 0 aromatic rings. The molecule has 0 radical (unpaired) electrons. The fourth-order valence-electron chi connectivity index (χ4n) is 2.74. The lowest BCUT2D eigenvalue weighted by molar-refractivity contribution is -0.122. The molecule has 0 saturated carbocycles. The predicted molar refractivity (Wildman–Crippen MR) is 71.9 cm³/mol. The van der Waals surface area contributed by atoms with Gasteiger partial charge in [-0.2, -0.15) is 0 Å². The molecular weight excluding hydrogens is 212 g/mol. The molecule has 100 valence electrons. The van der Waals surface area contributed by atoms with Crippen LogP contribution in [-0.2, 0) is 4.79 Å². The fraction of sp³-hybridized carbons (Fsp3) is 0.929. The minimum absolute atomic E-state index is 0.233. The lowest BCUT2D eigenvalue weighted by Gasteiger charge is -2.22. The molecule has 3 nitrogen and oxygen atoms in total. The average Bonchev–Trinajstić information content (AvgIpc) is 2.81. The molecule has 0 aromatic heterocycles.